The van der Waals surface area contributed by atoms with Crippen molar-refractivity contribution in [2.75, 3.05) is 0 Å². The molecule has 0 unspecified atom stereocenters. The number of hydrogen-bond donors (Lipinski definition) is 0. The third-order valence-corrected chi connectivity index (χ3v) is 11.3. The minimum Gasteiger partial charge on any atom is -0.309 e. The van der Waals surface area contributed by atoms with Crippen LogP contribution in [0.1, 0.15) is 0 Å². The van der Waals surface area contributed by atoms with Crippen molar-refractivity contribution in [3.05, 3.63) is 140 Å². The van der Waals surface area contributed by atoms with Gasteiger partial charge in [0.2, 0.25) is 0 Å². The summed E-state index contributed by atoms with van der Waals surface area (Å²) in [5.74, 6) is 0. The van der Waals surface area contributed by atoms with E-state index in [0.29, 0.717) is 0 Å². The molecule has 0 atom stereocenters. The Morgan fingerprint density at radius 2 is 0.737 bits per heavy atom. The molecule has 38 heavy (non-hydrogen) atoms. The van der Waals surface area contributed by atoms with E-state index in [1.165, 1.54) is 26.9 Å². The van der Waals surface area contributed by atoms with Crippen LogP contribution in [0.2, 0.25) is 0 Å². The average Bonchev–Trinajstić information content (AvgIpc) is 2.99. The van der Waals surface area contributed by atoms with Gasteiger partial charge < -0.3 is 4.57 Å². The lowest BCUT2D eigenvalue weighted by Crippen LogP contribution is -2.27. The van der Waals surface area contributed by atoms with Crippen molar-refractivity contribution in [2.24, 2.45) is 0 Å². The van der Waals surface area contributed by atoms with Gasteiger partial charge >= 0.3 is 0 Å². The summed E-state index contributed by atoms with van der Waals surface area (Å²) in [7, 11) is -3.33. The van der Waals surface area contributed by atoms with Gasteiger partial charge in [-0.3, -0.25) is 0 Å². The third-order valence-electron chi connectivity index (χ3n) is 8.06. The van der Waals surface area contributed by atoms with Crippen LogP contribution in [0.3, 0.4) is 0 Å². The van der Waals surface area contributed by atoms with Crippen molar-refractivity contribution in [2.45, 2.75) is 0 Å². The fourth-order valence-electron chi connectivity index (χ4n) is 6.35. The quantitative estimate of drug-likeness (QED) is 0.175. The van der Waals surface area contributed by atoms with Crippen LogP contribution in [-0.4, -0.2) is 0 Å². The first-order valence-corrected chi connectivity index (χ1v) is 14.7. The van der Waals surface area contributed by atoms with Gasteiger partial charge in [0, 0.05) is 15.9 Å². The Balaban J connectivity index is 1.59. The van der Waals surface area contributed by atoms with Crippen molar-refractivity contribution < 1.29 is 4.57 Å². The van der Waals surface area contributed by atoms with Crippen LogP contribution in [0, 0.1) is 0 Å². The molecule has 8 aromatic carbocycles. The molecule has 178 valence electrons. The first kappa shape index (κ1) is 21.6. The van der Waals surface area contributed by atoms with Gasteiger partial charge in [-0.1, -0.05) is 133 Å². The third kappa shape index (κ3) is 2.91. The summed E-state index contributed by atoms with van der Waals surface area (Å²) in [5, 5.41) is 14.1. The summed E-state index contributed by atoms with van der Waals surface area (Å²) in [5.41, 5.74) is 0. The molecule has 0 aliphatic carbocycles. The fraction of sp³-hybridized carbons (Fsp3) is 0. The molecular weight excluding hydrogens is 479 g/mol. The van der Waals surface area contributed by atoms with E-state index in [2.05, 4.69) is 103 Å². The maximum atomic E-state index is 16.2. The lowest BCUT2D eigenvalue weighted by atomic mass is 9.94. The summed E-state index contributed by atoms with van der Waals surface area (Å²) in [6, 6.07) is 48.5. The summed E-state index contributed by atoms with van der Waals surface area (Å²) >= 11 is 0. The van der Waals surface area contributed by atoms with Crippen LogP contribution in [0.5, 0.6) is 0 Å². The van der Waals surface area contributed by atoms with Crippen molar-refractivity contribution in [1.29, 1.82) is 0 Å². The first-order valence-electron chi connectivity index (χ1n) is 13.0. The van der Waals surface area contributed by atoms with Gasteiger partial charge in [0.15, 0.2) is 7.14 Å². The van der Waals surface area contributed by atoms with Gasteiger partial charge in [-0.05, 0) is 59.9 Å². The fourth-order valence-corrected chi connectivity index (χ4v) is 9.62. The van der Waals surface area contributed by atoms with Gasteiger partial charge in [0.05, 0.1) is 0 Å². The largest absolute Gasteiger partial charge is 0.309 e. The molecule has 0 bridgehead atoms. The summed E-state index contributed by atoms with van der Waals surface area (Å²) in [6.45, 7) is 0. The molecule has 0 saturated heterocycles. The highest BCUT2D eigenvalue weighted by Gasteiger charge is 2.34. The number of hydrogen-bond acceptors (Lipinski definition) is 1. The van der Waals surface area contributed by atoms with Crippen LogP contribution in [0.25, 0.3) is 53.9 Å². The Morgan fingerprint density at radius 1 is 0.316 bits per heavy atom. The average molecular weight is 503 g/mol. The minimum atomic E-state index is -3.33. The van der Waals surface area contributed by atoms with E-state index >= 15 is 4.57 Å². The molecule has 0 amide bonds. The van der Waals surface area contributed by atoms with Crippen LogP contribution < -0.4 is 15.9 Å². The van der Waals surface area contributed by atoms with Crippen molar-refractivity contribution in [1.82, 2.24) is 0 Å². The van der Waals surface area contributed by atoms with E-state index in [9.17, 15) is 0 Å². The molecule has 0 aliphatic heterocycles. The standard InChI is InChI=1S/C36H23OP/c37-38(32-16-6-10-24-8-1-3-14-29(24)32,33-17-7-11-25-9-2-4-15-30(25)33)34-23-21-28-19-18-26-12-5-13-27-20-22-31(34)36(28)35(26)27/h1-23H. The van der Waals surface area contributed by atoms with Crippen LogP contribution in [0.4, 0.5) is 0 Å². The molecule has 0 aromatic heterocycles. The molecule has 8 aromatic rings. The zero-order chi connectivity index (χ0) is 25.3. The van der Waals surface area contributed by atoms with Crippen molar-refractivity contribution >= 4 is 76.9 Å². The molecule has 0 radical (unpaired) electrons. The second-order valence-electron chi connectivity index (χ2n) is 10.0. The zero-order valence-electron chi connectivity index (χ0n) is 20.6. The van der Waals surface area contributed by atoms with Crippen LogP contribution in [0.15, 0.2) is 140 Å². The molecular formula is C36H23OP. The zero-order valence-corrected chi connectivity index (χ0v) is 21.5. The second kappa shape index (κ2) is 8.02. The second-order valence-corrected chi connectivity index (χ2v) is 12.7. The molecule has 0 saturated carbocycles. The smallest absolute Gasteiger partial charge is 0.172 e. The Bertz CT molecular complexity index is 2120. The molecule has 1 nitrogen and oxygen atoms in total. The van der Waals surface area contributed by atoms with Gasteiger partial charge in [0.1, 0.15) is 0 Å². The maximum absolute atomic E-state index is 16.2. The van der Waals surface area contributed by atoms with E-state index in [1.54, 1.807) is 0 Å². The number of benzene rings is 8. The number of rotatable bonds is 3. The minimum absolute atomic E-state index is 0.891. The lowest BCUT2D eigenvalue weighted by Gasteiger charge is -2.25. The Morgan fingerprint density at radius 3 is 1.37 bits per heavy atom. The normalized spacial score (nSPS) is 12.3. The Labute approximate surface area is 220 Å². The SMILES string of the molecule is O=P(c1cccc2ccccc12)(c1cccc2ccccc12)c1ccc2ccc3cccc4ccc1c2c34. The van der Waals surface area contributed by atoms with Gasteiger partial charge in [-0.25, -0.2) is 0 Å². The number of fused-ring (bicyclic) bond motifs is 2. The molecule has 2 heteroatoms. The summed E-state index contributed by atoms with van der Waals surface area (Å²) < 4.78 is 16.2. The lowest BCUT2D eigenvalue weighted by molar-refractivity contribution is 0.593. The Kier molecular flexibility index (Phi) is 4.56. The maximum Gasteiger partial charge on any atom is 0.172 e. The predicted molar refractivity (Wildman–Crippen MR) is 165 cm³/mol. The Hall–Kier alpha value is -4.45. The highest BCUT2D eigenvalue weighted by molar-refractivity contribution is 7.86. The van der Waals surface area contributed by atoms with E-state index in [-0.39, 0.29) is 0 Å². The monoisotopic (exact) mass is 502 g/mol. The van der Waals surface area contributed by atoms with Crippen LogP contribution >= 0.6 is 7.14 Å². The predicted octanol–water partition coefficient (Wildman–Crippen LogP) is 8.53. The van der Waals surface area contributed by atoms with Gasteiger partial charge in [-0.15, -0.1) is 0 Å². The van der Waals surface area contributed by atoms with E-state index in [1.807, 2.05) is 36.4 Å². The van der Waals surface area contributed by atoms with E-state index < -0.39 is 7.14 Å². The van der Waals surface area contributed by atoms with E-state index in [0.717, 1.165) is 42.8 Å². The molecule has 0 heterocycles. The molecule has 0 spiro atoms. The molecule has 0 fully saturated rings. The summed E-state index contributed by atoms with van der Waals surface area (Å²) in [4.78, 5) is 0. The van der Waals surface area contributed by atoms with E-state index in [4.69, 9.17) is 0 Å². The van der Waals surface area contributed by atoms with Gasteiger partial charge in [0.25, 0.3) is 0 Å². The van der Waals surface area contributed by atoms with Crippen molar-refractivity contribution in [3.63, 3.8) is 0 Å². The van der Waals surface area contributed by atoms with Gasteiger partial charge in [-0.2, -0.15) is 0 Å². The molecule has 8 rings (SSSR count). The van der Waals surface area contributed by atoms with Crippen LogP contribution in [-0.2, 0) is 4.57 Å². The van der Waals surface area contributed by atoms with Crippen molar-refractivity contribution in [3.8, 4) is 0 Å². The highest BCUT2D eigenvalue weighted by Crippen LogP contribution is 2.49. The molecule has 0 N–H and O–H groups in total. The first-order chi connectivity index (χ1) is 18.7. The highest BCUT2D eigenvalue weighted by atomic mass is 31.2. The summed E-state index contributed by atoms with van der Waals surface area (Å²) in [6.07, 6.45) is 0. The molecule has 0 aliphatic rings. The topological polar surface area (TPSA) is 17.1 Å².